The molecule has 25 heavy (non-hydrogen) atoms. The number of rotatable bonds is 5. The van der Waals surface area contributed by atoms with Crippen molar-refractivity contribution in [1.82, 2.24) is 5.32 Å². The van der Waals surface area contributed by atoms with Crippen LogP contribution >= 0.6 is 0 Å². The van der Waals surface area contributed by atoms with Gasteiger partial charge in [-0.2, -0.15) is 0 Å². The van der Waals surface area contributed by atoms with Crippen molar-refractivity contribution in [2.45, 2.75) is 12.6 Å². The van der Waals surface area contributed by atoms with Gasteiger partial charge in [0.1, 0.15) is 12.7 Å². The monoisotopic (exact) mass is 340 g/mol. The van der Waals surface area contributed by atoms with E-state index in [1.165, 1.54) is 11.3 Å². The number of ether oxygens (including phenoxy) is 3. The van der Waals surface area contributed by atoms with Gasteiger partial charge in [0.05, 0.1) is 13.2 Å². The van der Waals surface area contributed by atoms with Gasteiger partial charge in [-0.3, -0.25) is 0 Å². The highest BCUT2D eigenvalue weighted by atomic mass is 16.6. The number of hydrogen-bond donors (Lipinski definition) is 1. The van der Waals surface area contributed by atoms with E-state index in [1.54, 1.807) is 0 Å². The van der Waals surface area contributed by atoms with E-state index in [4.69, 9.17) is 14.2 Å². The van der Waals surface area contributed by atoms with E-state index >= 15 is 0 Å². The minimum atomic E-state index is 0.0440. The first-order valence-electron chi connectivity index (χ1n) is 8.89. The molecular weight excluding hydrogens is 316 g/mol. The average Bonchev–Trinajstić information content (AvgIpc) is 2.69. The minimum Gasteiger partial charge on any atom is -0.486 e. The molecule has 0 amide bonds. The summed E-state index contributed by atoms with van der Waals surface area (Å²) in [7, 11) is 0. The van der Waals surface area contributed by atoms with Crippen LogP contribution in [-0.2, 0) is 11.3 Å². The first-order valence-corrected chi connectivity index (χ1v) is 8.89. The summed E-state index contributed by atoms with van der Waals surface area (Å²) in [6.45, 7) is 5.74. The first kappa shape index (κ1) is 16.2. The quantitative estimate of drug-likeness (QED) is 0.906. The van der Waals surface area contributed by atoms with Crippen molar-refractivity contribution in [2.24, 2.45) is 0 Å². The van der Waals surface area contributed by atoms with E-state index < -0.39 is 0 Å². The maximum Gasteiger partial charge on any atom is 0.161 e. The molecule has 0 aliphatic carbocycles. The predicted molar refractivity (Wildman–Crippen MR) is 97.5 cm³/mol. The third kappa shape index (κ3) is 4.06. The van der Waals surface area contributed by atoms with Gasteiger partial charge in [0, 0.05) is 31.9 Å². The lowest BCUT2D eigenvalue weighted by atomic mass is 10.2. The molecule has 2 aliphatic heterocycles. The molecule has 2 aromatic rings. The van der Waals surface area contributed by atoms with Crippen LogP contribution in [0.2, 0.25) is 0 Å². The minimum absolute atomic E-state index is 0.0440. The summed E-state index contributed by atoms with van der Waals surface area (Å²) in [6, 6.07) is 16.6. The second-order valence-corrected chi connectivity index (χ2v) is 6.39. The number of morpholine rings is 1. The van der Waals surface area contributed by atoms with Gasteiger partial charge >= 0.3 is 0 Å². The van der Waals surface area contributed by atoms with Crippen molar-refractivity contribution in [1.29, 1.82) is 0 Å². The number of nitrogens with one attached hydrogen (secondary N) is 1. The number of para-hydroxylation sites is 2. The van der Waals surface area contributed by atoms with Gasteiger partial charge in [0.15, 0.2) is 11.5 Å². The van der Waals surface area contributed by atoms with Crippen LogP contribution in [0.15, 0.2) is 48.5 Å². The molecular formula is C20H24N2O3. The molecule has 5 heteroatoms. The number of fused-ring (bicyclic) bond motifs is 1. The van der Waals surface area contributed by atoms with Crippen LogP contribution in [0.1, 0.15) is 5.56 Å². The summed E-state index contributed by atoms with van der Waals surface area (Å²) in [5.74, 6) is 1.66. The van der Waals surface area contributed by atoms with Crippen LogP contribution in [-0.4, -0.2) is 45.6 Å². The van der Waals surface area contributed by atoms with Crippen molar-refractivity contribution in [2.75, 3.05) is 44.4 Å². The first-order chi connectivity index (χ1) is 12.4. The molecule has 0 saturated carbocycles. The van der Waals surface area contributed by atoms with Crippen LogP contribution in [0, 0.1) is 0 Å². The molecule has 0 unspecified atom stereocenters. The van der Waals surface area contributed by atoms with Crippen molar-refractivity contribution in [3.63, 3.8) is 0 Å². The number of benzene rings is 2. The Labute approximate surface area is 148 Å². The second-order valence-electron chi connectivity index (χ2n) is 6.39. The Kier molecular flexibility index (Phi) is 5.04. The topological polar surface area (TPSA) is 43.0 Å². The Bertz CT molecular complexity index is 684. The normalized spacial score (nSPS) is 19.7. The number of nitrogens with zero attached hydrogens (tertiary/aromatic N) is 1. The Balaban J connectivity index is 1.25. The molecule has 1 fully saturated rings. The third-order valence-electron chi connectivity index (χ3n) is 4.58. The Morgan fingerprint density at radius 1 is 0.960 bits per heavy atom. The Morgan fingerprint density at radius 2 is 1.72 bits per heavy atom. The molecule has 1 saturated heterocycles. The Hall–Kier alpha value is -2.24. The fourth-order valence-electron chi connectivity index (χ4n) is 3.19. The number of anilines is 1. The number of hydrogen-bond acceptors (Lipinski definition) is 5. The summed E-state index contributed by atoms with van der Waals surface area (Å²) in [4.78, 5) is 2.37. The maximum atomic E-state index is 5.96. The molecule has 1 N–H and O–H groups in total. The lowest BCUT2D eigenvalue weighted by Gasteiger charge is -2.29. The Morgan fingerprint density at radius 3 is 2.52 bits per heavy atom. The molecule has 2 aliphatic rings. The van der Waals surface area contributed by atoms with Crippen LogP contribution < -0.4 is 19.7 Å². The van der Waals surface area contributed by atoms with Crippen molar-refractivity contribution < 1.29 is 14.2 Å². The van der Waals surface area contributed by atoms with E-state index in [0.29, 0.717) is 6.61 Å². The van der Waals surface area contributed by atoms with E-state index in [9.17, 15) is 0 Å². The summed E-state index contributed by atoms with van der Waals surface area (Å²) >= 11 is 0. The molecule has 5 nitrogen and oxygen atoms in total. The van der Waals surface area contributed by atoms with Gasteiger partial charge in [0.25, 0.3) is 0 Å². The van der Waals surface area contributed by atoms with Gasteiger partial charge in [-0.15, -0.1) is 0 Å². The van der Waals surface area contributed by atoms with Gasteiger partial charge < -0.3 is 24.4 Å². The van der Waals surface area contributed by atoms with Crippen molar-refractivity contribution in [3.05, 3.63) is 54.1 Å². The van der Waals surface area contributed by atoms with Gasteiger partial charge in [-0.05, 0) is 29.8 Å². The highest BCUT2D eigenvalue weighted by Crippen LogP contribution is 2.30. The highest BCUT2D eigenvalue weighted by Gasteiger charge is 2.20. The summed E-state index contributed by atoms with van der Waals surface area (Å²) < 4.78 is 17.1. The van der Waals surface area contributed by atoms with Gasteiger partial charge in [0.2, 0.25) is 0 Å². The van der Waals surface area contributed by atoms with Crippen molar-refractivity contribution >= 4 is 5.69 Å². The SMILES string of the molecule is c1ccc2c(c1)OC[C@@H](CNCc1ccc(N3CCOCC3)cc1)O2. The molecule has 0 aromatic heterocycles. The maximum absolute atomic E-state index is 5.96. The standard InChI is InChI=1S/C20H24N2O3/c1-2-4-20-19(3-1)24-15-18(25-20)14-21-13-16-5-7-17(8-6-16)22-9-11-23-12-10-22/h1-8,18,21H,9-15H2/t18-/m1/s1. The molecule has 2 aromatic carbocycles. The van der Waals surface area contributed by atoms with E-state index in [2.05, 4.69) is 34.5 Å². The van der Waals surface area contributed by atoms with E-state index in [-0.39, 0.29) is 6.10 Å². The van der Waals surface area contributed by atoms with Crippen LogP contribution in [0.4, 0.5) is 5.69 Å². The van der Waals surface area contributed by atoms with Gasteiger partial charge in [-0.25, -0.2) is 0 Å². The fourth-order valence-corrected chi connectivity index (χ4v) is 3.19. The summed E-state index contributed by atoms with van der Waals surface area (Å²) in [6.07, 6.45) is 0.0440. The van der Waals surface area contributed by atoms with Crippen LogP contribution in [0.25, 0.3) is 0 Å². The molecule has 0 radical (unpaired) electrons. The lowest BCUT2D eigenvalue weighted by molar-refractivity contribution is 0.0902. The molecule has 2 heterocycles. The average molecular weight is 340 g/mol. The fraction of sp³-hybridized carbons (Fsp3) is 0.400. The predicted octanol–water partition coefficient (Wildman–Crippen LogP) is 2.45. The molecule has 132 valence electrons. The smallest absolute Gasteiger partial charge is 0.161 e. The van der Waals surface area contributed by atoms with Crippen LogP contribution in [0.5, 0.6) is 11.5 Å². The van der Waals surface area contributed by atoms with Crippen LogP contribution in [0.3, 0.4) is 0 Å². The molecule has 4 rings (SSSR count). The van der Waals surface area contributed by atoms with E-state index in [0.717, 1.165) is 50.9 Å². The summed E-state index contributed by atoms with van der Waals surface area (Å²) in [5, 5.41) is 3.46. The highest BCUT2D eigenvalue weighted by molar-refractivity contribution is 5.48. The molecule has 0 spiro atoms. The zero-order valence-corrected chi connectivity index (χ0v) is 14.3. The second kappa shape index (κ2) is 7.76. The largest absolute Gasteiger partial charge is 0.486 e. The molecule has 0 bridgehead atoms. The third-order valence-corrected chi connectivity index (χ3v) is 4.58. The lowest BCUT2D eigenvalue weighted by Crippen LogP contribution is -2.38. The van der Waals surface area contributed by atoms with Gasteiger partial charge in [-0.1, -0.05) is 24.3 Å². The zero-order valence-electron chi connectivity index (χ0n) is 14.3. The van der Waals surface area contributed by atoms with Crippen molar-refractivity contribution in [3.8, 4) is 11.5 Å². The molecule has 1 atom stereocenters. The summed E-state index contributed by atoms with van der Waals surface area (Å²) in [5.41, 5.74) is 2.54. The zero-order chi connectivity index (χ0) is 16.9. The van der Waals surface area contributed by atoms with E-state index in [1.807, 2.05) is 24.3 Å².